The Morgan fingerprint density at radius 1 is 1.12 bits per heavy atom. The Morgan fingerprint density at radius 3 is 2.24 bits per heavy atom. The van der Waals surface area contributed by atoms with Crippen molar-refractivity contribution in [2.75, 3.05) is 0 Å². The van der Waals surface area contributed by atoms with Crippen LogP contribution in [0.2, 0.25) is 0 Å². The van der Waals surface area contributed by atoms with Crippen LogP contribution in [0.3, 0.4) is 0 Å². The summed E-state index contributed by atoms with van der Waals surface area (Å²) in [7, 11) is 0. The molecule has 6 heteroatoms. The number of carbonyl (C=O) groups excluding carboxylic acids is 1. The minimum absolute atomic E-state index is 0.239. The molecule has 0 aliphatic carbocycles. The molecule has 0 aromatic carbocycles. The number of hydrogen-bond donors (Lipinski definition) is 3. The zero-order valence-corrected chi connectivity index (χ0v) is 9.94. The molecule has 0 spiro atoms. The van der Waals surface area contributed by atoms with E-state index in [4.69, 9.17) is 10.2 Å². The number of nitrogens with one attached hydrogen (secondary N) is 1. The van der Waals surface area contributed by atoms with Gasteiger partial charge in [-0.15, -0.1) is 0 Å². The van der Waals surface area contributed by atoms with Crippen molar-refractivity contribution in [3.63, 3.8) is 0 Å². The van der Waals surface area contributed by atoms with Crippen molar-refractivity contribution in [2.45, 2.75) is 51.5 Å². The number of aliphatic carboxylic acids is 2. The molecule has 17 heavy (non-hydrogen) atoms. The molecule has 0 saturated carbocycles. The van der Waals surface area contributed by atoms with Gasteiger partial charge in [-0.05, 0) is 6.42 Å². The fourth-order valence-electron chi connectivity index (χ4n) is 1.35. The third-order valence-electron chi connectivity index (χ3n) is 2.27. The van der Waals surface area contributed by atoms with Gasteiger partial charge in [0.15, 0.2) is 0 Å². The molecular weight excluding hydrogens is 226 g/mol. The largest absolute Gasteiger partial charge is 0.481 e. The second kappa shape index (κ2) is 8.55. The molecule has 0 unspecified atom stereocenters. The topological polar surface area (TPSA) is 104 Å². The van der Waals surface area contributed by atoms with Crippen molar-refractivity contribution < 1.29 is 24.6 Å². The molecule has 0 aromatic rings. The maximum Gasteiger partial charge on any atom is 0.326 e. The van der Waals surface area contributed by atoms with Crippen LogP contribution in [0.1, 0.15) is 45.4 Å². The molecule has 1 amide bonds. The number of carboxylic acids is 2. The standard InChI is InChI=1S/C11H19NO5/c1-2-3-4-5-6-9(13)12-8(11(16)17)7-10(14)15/h8H,2-7H2,1H3,(H,12,13)(H,14,15)(H,16,17)/t8-/m0/s1. The van der Waals surface area contributed by atoms with E-state index < -0.39 is 30.3 Å². The average Bonchev–Trinajstić information content (AvgIpc) is 2.22. The van der Waals surface area contributed by atoms with Crippen molar-refractivity contribution in [1.29, 1.82) is 0 Å². The monoisotopic (exact) mass is 245 g/mol. The van der Waals surface area contributed by atoms with E-state index in [1.807, 2.05) is 6.92 Å². The molecule has 6 nitrogen and oxygen atoms in total. The third-order valence-corrected chi connectivity index (χ3v) is 2.27. The van der Waals surface area contributed by atoms with E-state index in [0.29, 0.717) is 6.42 Å². The predicted molar refractivity (Wildman–Crippen MR) is 60.6 cm³/mol. The SMILES string of the molecule is CCCCCCC(=O)N[C@@H](CC(=O)O)C(=O)O. The third kappa shape index (κ3) is 8.24. The number of carbonyl (C=O) groups is 3. The van der Waals surface area contributed by atoms with Crippen molar-refractivity contribution >= 4 is 17.8 Å². The summed E-state index contributed by atoms with van der Waals surface area (Å²) in [6, 6.07) is -1.34. The van der Waals surface area contributed by atoms with E-state index in [-0.39, 0.29) is 6.42 Å². The van der Waals surface area contributed by atoms with E-state index in [1.54, 1.807) is 0 Å². The second-order valence-electron chi connectivity index (χ2n) is 3.87. The van der Waals surface area contributed by atoms with Crippen LogP contribution in [0.4, 0.5) is 0 Å². The first kappa shape index (κ1) is 15.4. The van der Waals surface area contributed by atoms with Gasteiger partial charge in [-0.2, -0.15) is 0 Å². The molecule has 0 aromatic heterocycles. The van der Waals surface area contributed by atoms with Gasteiger partial charge in [-0.3, -0.25) is 9.59 Å². The molecule has 1 atom stereocenters. The summed E-state index contributed by atoms with van der Waals surface area (Å²) in [5, 5.41) is 19.4. The Kier molecular flexibility index (Phi) is 7.75. The first-order chi connectivity index (χ1) is 7.97. The van der Waals surface area contributed by atoms with E-state index in [1.165, 1.54) is 0 Å². The van der Waals surface area contributed by atoms with Crippen molar-refractivity contribution in [2.24, 2.45) is 0 Å². The van der Waals surface area contributed by atoms with E-state index in [2.05, 4.69) is 5.32 Å². The summed E-state index contributed by atoms with van der Waals surface area (Å²) in [4.78, 5) is 32.4. The van der Waals surface area contributed by atoms with Gasteiger partial charge in [0.05, 0.1) is 6.42 Å². The van der Waals surface area contributed by atoms with Gasteiger partial charge >= 0.3 is 11.9 Å². The molecule has 0 aliphatic rings. The minimum atomic E-state index is -1.34. The fraction of sp³-hybridized carbons (Fsp3) is 0.727. The zero-order chi connectivity index (χ0) is 13.3. The lowest BCUT2D eigenvalue weighted by Gasteiger charge is -2.12. The van der Waals surface area contributed by atoms with Crippen LogP contribution >= 0.6 is 0 Å². The van der Waals surface area contributed by atoms with Gasteiger partial charge in [-0.25, -0.2) is 4.79 Å². The smallest absolute Gasteiger partial charge is 0.326 e. The first-order valence-corrected chi connectivity index (χ1v) is 5.71. The number of hydrogen-bond acceptors (Lipinski definition) is 3. The van der Waals surface area contributed by atoms with Gasteiger partial charge < -0.3 is 15.5 Å². The Bertz CT molecular complexity index is 277. The lowest BCUT2D eigenvalue weighted by molar-refractivity contribution is -0.147. The van der Waals surface area contributed by atoms with Crippen LogP contribution in [0, 0.1) is 0 Å². The fourth-order valence-corrected chi connectivity index (χ4v) is 1.35. The van der Waals surface area contributed by atoms with E-state index in [0.717, 1.165) is 19.3 Å². The lowest BCUT2D eigenvalue weighted by Crippen LogP contribution is -2.42. The average molecular weight is 245 g/mol. The summed E-state index contributed by atoms with van der Waals surface area (Å²) in [6.07, 6.45) is 3.34. The highest BCUT2D eigenvalue weighted by molar-refractivity contribution is 5.86. The molecule has 0 saturated heterocycles. The van der Waals surface area contributed by atoms with Crippen molar-refractivity contribution in [3.8, 4) is 0 Å². The molecule has 0 bridgehead atoms. The molecular formula is C11H19NO5. The normalized spacial score (nSPS) is 11.8. The van der Waals surface area contributed by atoms with Crippen LogP contribution in [0.15, 0.2) is 0 Å². The summed E-state index contributed by atoms with van der Waals surface area (Å²) < 4.78 is 0. The number of rotatable bonds is 9. The Labute approximate surface area is 100 Å². The lowest BCUT2D eigenvalue weighted by atomic mass is 10.1. The first-order valence-electron chi connectivity index (χ1n) is 5.71. The van der Waals surface area contributed by atoms with Gasteiger partial charge in [0.1, 0.15) is 6.04 Å². The summed E-state index contributed by atoms with van der Waals surface area (Å²) in [5.41, 5.74) is 0. The number of unbranched alkanes of at least 4 members (excludes halogenated alkanes) is 3. The van der Waals surface area contributed by atoms with Gasteiger partial charge in [-0.1, -0.05) is 26.2 Å². The Balaban J connectivity index is 3.96. The summed E-state index contributed by atoms with van der Waals surface area (Å²) in [5.74, 6) is -2.98. The van der Waals surface area contributed by atoms with Crippen LogP contribution < -0.4 is 5.32 Å². The molecule has 98 valence electrons. The van der Waals surface area contributed by atoms with Crippen LogP contribution in [0.5, 0.6) is 0 Å². The van der Waals surface area contributed by atoms with Gasteiger partial charge in [0.25, 0.3) is 0 Å². The molecule has 0 rings (SSSR count). The van der Waals surface area contributed by atoms with Gasteiger partial charge in [0, 0.05) is 6.42 Å². The zero-order valence-electron chi connectivity index (χ0n) is 9.94. The highest BCUT2D eigenvalue weighted by atomic mass is 16.4. The summed E-state index contributed by atoms with van der Waals surface area (Å²) >= 11 is 0. The molecule has 0 heterocycles. The van der Waals surface area contributed by atoms with Crippen molar-refractivity contribution in [1.82, 2.24) is 5.32 Å². The summed E-state index contributed by atoms with van der Waals surface area (Å²) in [6.45, 7) is 2.05. The molecule has 0 radical (unpaired) electrons. The molecule has 0 fully saturated rings. The highest BCUT2D eigenvalue weighted by Crippen LogP contribution is 2.03. The van der Waals surface area contributed by atoms with Crippen LogP contribution in [-0.2, 0) is 14.4 Å². The highest BCUT2D eigenvalue weighted by Gasteiger charge is 2.22. The maximum atomic E-state index is 11.3. The number of carboxylic acid groups (broad SMARTS) is 2. The molecule has 3 N–H and O–H groups in total. The molecule has 0 aliphatic heterocycles. The van der Waals surface area contributed by atoms with E-state index in [9.17, 15) is 14.4 Å². The van der Waals surface area contributed by atoms with Crippen LogP contribution in [-0.4, -0.2) is 34.1 Å². The van der Waals surface area contributed by atoms with Gasteiger partial charge in [0.2, 0.25) is 5.91 Å². The second-order valence-corrected chi connectivity index (χ2v) is 3.87. The Morgan fingerprint density at radius 2 is 1.76 bits per heavy atom. The van der Waals surface area contributed by atoms with Crippen molar-refractivity contribution in [3.05, 3.63) is 0 Å². The Hall–Kier alpha value is -1.59. The number of amides is 1. The maximum absolute atomic E-state index is 11.3. The quantitative estimate of drug-likeness (QED) is 0.526. The predicted octanol–water partition coefficient (Wildman–Crippen LogP) is 1.00. The van der Waals surface area contributed by atoms with Crippen LogP contribution in [0.25, 0.3) is 0 Å². The minimum Gasteiger partial charge on any atom is -0.481 e. The van der Waals surface area contributed by atoms with E-state index >= 15 is 0 Å².